The number of nitrogens with zero attached hydrogens (tertiary/aromatic N) is 4. The molecule has 1 aromatic rings. The Morgan fingerprint density at radius 2 is 2.05 bits per heavy atom. The summed E-state index contributed by atoms with van der Waals surface area (Å²) in [4.78, 5) is 15.9. The molecule has 0 unspecified atom stereocenters. The van der Waals surface area contributed by atoms with E-state index in [9.17, 15) is 0 Å². The van der Waals surface area contributed by atoms with Crippen LogP contribution in [-0.4, -0.2) is 53.0 Å². The van der Waals surface area contributed by atoms with Gasteiger partial charge in [-0.2, -0.15) is 15.0 Å². The molecule has 0 radical (unpaired) electrons. The summed E-state index contributed by atoms with van der Waals surface area (Å²) in [5.74, 6) is 1.52. The number of hydrogen-bond acceptors (Lipinski definition) is 7. The van der Waals surface area contributed by atoms with Crippen molar-refractivity contribution in [3.63, 3.8) is 0 Å². The van der Waals surface area contributed by atoms with E-state index in [4.69, 9.17) is 4.74 Å². The third kappa shape index (κ3) is 3.32. The lowest BCUT2D eigenvalue weighted by Gasteiger charge is -2.25. The molecule has 2 fully saturated rings. The molecule has 2 aliphatic rings. The molecule has 7 heteroatoms. The molecule has 20 heavy (non-hydrogen) atoms. The number of thioether (sulfide) groups is 1. The van der Waals surface area contributed by atoms with E-state index >= 15 is 0 Å². The van der Waals surface area contributed by atoms with Gasteiger partial charge >= 0.3 is 0 Å². The van der Waals surface area contributed by atoms with Crippen LogP contribution in [0.15, 0.2) is 5.16 Å². The van der Waals surface area contributed by atoms with Crippen LogP contribution in [0.4, 0.5) is 11.9 Å². The van der Waals surface area contributed by atoms with E-state index in [1.54, 1.807) is 11.8 Å². The van der Waals surface area contributed by atoms with Gasteiger partial charge in [-0.1, -0.05) is 18.7 Å². The summed E-state index contributed by atoms with van der Waals surface area (Å²) in [5.41, 5.74) is 0. The van der Waals surface area contributed by atoms with Gasteiger partial charge in [-0.05, 0) is 19.3 Å². The largest absolute Gasteiger partial charge is 0.379 e. The topological polar surface area (TPSA) is 63.2 Å². The van der Waals surface area contributed by atoms with E-state index < -0.39 is 0 Å². The lowest BCUT2D eigenvalue weighted by molar-refractivity contribution is 0.0454. The Kier molecular flexibility index (Phi) is 4.57. The minimum absolute atomic E-state index is 0.489. The molecule has 0 spiro atoms. The van der Waals surface area contributed by atoms with Gasteiger partial charge in [0, 0.05) is 19.6 Å². The molecule has 0 atom stereocenters. The van der Waals surface area contributed by atoms with Crippen LogP contribution in [0.5, 0.6) is 0 Å². The fourth-order valence-corrected chi connectivity index (χ4v) is 3.10. The standard InChI is InChI=1S/C13H21N5OS/c1-2-5-14-11-15-12(18-6-3-4-7-18)17-13(16-11)20-10-8-19-9-10/h10H,2-9H2,1H3,(H,14,15,16,17). The molecule has 1 N–H and O–H groups in total. The van der Waals surface area contributed by atoms with Gasteiger partial charge in [-0.3, -0.25) is 0 Å². The molecule has 0 bridgehead atoms. The predicted octanol–water partition coefficient (Wildman–Crippen LogP) is 1.78. The zero-order valence-electron chi connectivity index (χ0n) is 11.8. The van der Waals surface area contributed by atoms with E-state index in [-0.39, 0.29) is 0 Å². The molecule has 0 aliphatic carbocycles. The Balaban J connectivity index is 1.77. The maximum atomic E-state index is 5.21. The summed E-state index contributed by atoms with van der Waals surface area (Å²) in [6, 6.07) is 0. The molecule has 2 saturated heterocycles. The van der Waals surface area contributed by atoms with Crippen LogP contribution in [0.3, 0.4) is 0 Å². The van der Waals surface area contributed by atoms with Crippen molar-refractivity contribution in [1.29, 1.82) is 0 Å². The van der Waals surface area contributed by atoms with Crippen LogP contribution < -0.4 is 10.2 Å². The van der Waals surface area contributed by atoms with E-state index in [1.807, 2.05) is 0 Å². The fraction of sp³-hybridized carbons (Fsp3) is 0.769. The smallest absolute Gasteiger partial charge is 0.231 e. The Labute approximate surface area is 123 Å². The molecule has 0 aromatic carbocycles. The fourth-order valence-electron chi connectivity index (χ4n) is 2.20. The summed E-state index contributed by atoms with van der Waals surface area (Å²) in [6.07, 6.45) is 3.51. The van der Waals surface area contributed by atoms with Gasteiger partial charge in [0.1, 0.15) is 0 Å². The molecule has 2 aliphatic heterocycles. The monoisotopic (exact) mass is 295 g/mol. The Morgan fingerprint density at radius 3 is 2.70 bits per heavy atom. The SMILES string of the molecule is CCCNc1nc(SC2COC2)nc(N2CCCC2)n1. The summed E-state index contributed by atoms with van der Waals surface area (Å²) in [6.45, 7) is 6.72. The van der Waals surface area contributed by atoms with Crippen LogP contribution in [0, 0.1) is 0 Å². The van der Waals surface area contributed by atoms with E-state index in [0.717, 1.165) is 50.4 Å². The van der Waals surface area contributed by atoms with Gasteiger partial charge < -0.3 is 15.0 Å². The molecule has 6 nitrogen and oxygen atoms in total. The third-order valence-corrected chi connectivity index (χ3v) is 4.40. The maximum Gasteiger partial charge on any atom is 0.231 e. The summed E-state index contributed by atoms with van der Waals surface area (Å²) >= 11 is 1.70. The molecule has 110 valence electrons. The quantitative estimate of drug-likeness (QED) is 0.858. The van der Waals surface area contributed by atoms with Crippen molar-refractivity contribution < 1.29 is 4.74 Å². The first-order valence-electron chi connectivity index (χ1n) is 7.34. The Hall–Kier alpha value is -1.08. The summed E-state index contributed by atoms with van der Waals surface area (Å²) < 4.78 is 5.21. The Bertz CT molecular complexity index is 448. The molecule has 0 amide bonds. The van der Waals surface area contributed by atoms with Crippen molar-refractivity contribution in [1.82, 2.24) is 15.0 Å². The lowest BCUT2D eigenvalue weighted by atomic mass is 10.4. The van der Waals surface area contributed by atoms with Crippen LogP contribution in [-0.2, 0) is 4.74 Å². The first-order chi connectivity index (χ1) is 9.85. The second-order valence-electron chi connectivity index (χ2n) is 5.14. The van der Waals surface area contributed by atoms with E-state index in [2.05, 4.69) is 32.1 Å². The number of rotatable bonds is 6. The van der Waals surface area contributed by atoms with Crippen LogP contribution >= 0.6 is 11.8 Å². The van der Waals surface area contributed by atoms with E-state index in [0.29, 0.717) is 11.2 Å². The number of anilines is 2. The first-order valence-corrected chi connectivity index (χ1v) is 8.22. The number of ether oxygens (including phenoxy) is 1. The van der Waals surface area contributed by atoms with E-state index in [1.165, 1.54) is 12.8 Å². The highest BCUT2D eigenvalue weighted by Gasteiger charge is 2.23. The van der Waals surface area contributed by atoms with Crippen molar-refractivity contribution >= 4 is 23.7 Å². The predicted molar refractivity (Wildman–Crippen MR) is 80.5 cm³/mol. The summed E-state index contributed by atoms with van der Waals surface area (Å²) in [7, 11) is 0. The van der Waals surface area contributed by atoms with Crippen LogP contribution in [0.1, 0.15) is 26.2 Å². The van der Waals surface area contributed by atoms with Gasteiger partial charge in [-0.15, -0.1) is 0 Å². The highest BCUT2D eigenvalue weighted by atomic mass is 32.2. The van der Waals surface area contributed by atoms with Gasteiger partial charge in [0.2, 0.25) is 11.9 Å². The highest BCUT2D eigenvalue weighted by molar-refractivity contribution is 7.99. The zero-order valence-corrected chi connectivity index (χ0v) is 12.7. The highest BCUT2D eigenvalue weighted by Crippen LogP contribution is 2.27. The zero-order chi connectivity index (χ0) is 13.8. The molecular formula is C13H21N5OS. The number of nitrogens with one attached hydrogen (secondary N) is 1. The normalized spacial score (nSPS) is 19.1. The molecular weight excluding hydrogens is 274 g/mol. The van der Waals surface area contributed by atoms with Crippen molar-refractivity contribution in [3.05, 3.63) is 0 Å². The number of aromatic nitrogens is 3. The molecule has 3 heterocycles. The average Bonchev–Trinajstić information content (AvgIpc) is 2.94. The maximum absolute atomic E-state index is 5.21. The molecule has 3 rings (SSSR count). The first kappa shape index (κ1) is 13.9. The van der Waals surface area contributed by atoms with Gasteiger partial charge in [0.05, 0.1) is 18.5 Å². The lowest BCUT2D eigenvalue weighted by Crippen LogP contribution is -2.30. The summed E-state index contributed by atoms with van der Waals surface area (Å²) in [5, 5.41) is 4.58. The average molecular weight is 295 g/mol. The van der Waals surface area contributed by atoms with Crippen LogP contribution in [0.25, 0.3) is 0 Å². The van der Waals surface area contributed by atoms with Crippen molar-refractivity contribution in [2.24, 2.45) is 0 Å². The number of hydrogen-bond donors (Lipinski definition) is 1. The second kappa shape index (κ2) is 6.58. The third-order valence-electron chi connectivity index (χ3n) is 3.40. The van der Waals surface area contributed by atoms with Gasteiger partial charge in [0.15, 0.2) is 5.16 Å². The Morgan fingerprint density at radius 1 is 1.25 bits per heavy atom. The minimum atomic E-state index is 0.489. The second-order valence-corrected chi connectivity index (χ2v) is 6.41. The van der Waals surface area contributed by atoms with Crippen molar-refractivity contribution in [2.75, 3.05) is 43.1 Å². The van der Waals surface area contributed by atoms with Crippen LogP contribution in [0.2, 0.25) is 0 Å². The molecule has 0 saturated carbocycles. The van der Waals surface area contributed by atoms with Gasteiger partial charge in [-0.25, -0.2) is 0 Å². The van der Waals surface area contributed by atoms with Crippen molar-refractivity contribution in [2.45, 2.75) is 36.6 Å². The molecule has 1 aromatic heterocycles. The van der Waals surface area contributed by atoms with Crippen molar-refractivity contribution in [3.8, 4) is 0 Å². The minimum Gasteiger partial charge on any atom is -0.379 e. The van der Waals surface area contributed by atoms with Gasteiger partial charge in [0.25, 0.3) is 0 Å².